The third-order valence-corrected chi connectivity index (χ3v) is 3.91. The van der Waals surface area contributed by atoms with Gasteiger partial charge in [-0.1, -0.05) is 23.2 Å². The van der Waals surface area contributed by atoms with Gasteiger partial charge in [0.2, 0.25) is 0 Å². The number of halogens is 5. The molecule has 3 N–H and O–H groups in total. The number of carbonyl (C=O) groups is 1. The van der Waals surface area contributed by atoms with Crippen molar-refractivity contribution in [3.8, 4) is 11.5 Å². The number of benzene rings is 2. The summed E-state index contributed by atoms with van der Waals surface area (Å²) in [5, 5.41) is 2.51. The lowest BCUT2D eigenvalue weighted by atomic mass is 10.1. The summed E-state index contributed by atoms with van der Waals surface area (Å²) in [7, 11) is 1.22. The van der Waals surface area contributed by atoms with E-state index in [1.807, 2.05) is 0 Å². The largest absolute Gasteiger partial charge is 0.497 e. The molecule has 0 heterocycles. The summed E-state index contributed by atoms with van der Waals surface area (Å²) < 4.78 is 49.1. The number of nitrogens with two attached hydrogens (primary N) is 1. The van der Waals surface area contributed by atoms with Crippen LogP contribution in [0.25, 0.3) is 0 Å². The van der Waals surface area contributed by atoms with Crippen LogP contribution in [0.1, 0.15) is 15.9 Å². The molecule has 0 aromatic heterocycles. The van der Waals surface area contributed by atoms with Crippen molar-refractivity contribution < 1.29 is 27.4 Å². The normalized spacial score (nSPS) is 11.2. The molecule has 0 aliphatic carbocycles. The lowest BCUT2D eigenvalue weighted by Crippen LogP contribution is -2.14. The predicted molar refractivity (Wildman–Crippen MR) is 97.0 cm³/mol. The SMILES string of the molecule is COc1cc(NC(=O)c2cc(Cl)c(OCCN)c(Cl)c2)cc(C(F)(F)F)c1. The number of rotatable bonds is 6. The van der Waals surface area contributed by atoms with E-state index in [1.165, 1.54) is 25.3 Å². The summed E-state index contributed by atoms with van der Waals surface area (Å²) >= 11 is 12.1. The highest BCUT2D eigenvalue weighted by molar-refractivity contribution is 6.37. The first-order valence-corrected chi connectivity index (χ1v) is 8.31. The molecule has 0 radical (unpaired) electrons. The smallest absolute Gasteiger partial charge is 0.416 e. The van der Waals surface area contributed by atoms with Gasteiger partial charge in [0, 0.05) is 23.9 Å². The van der Waals surface area contributed by atoms with Crippen LogP contribution in [0.2, 0.25) is 10.0 Å². The molecule has 2 aromatic rings. The van der Waals surface area contributed by atoms with E-state index in [9.17, 15) is 18.0 Å². The van der Waals surface area contributed by atoms with Gasteiger partial charge in [-0.25, -0.2) is 0 Å². The van der Waals surface area contributed by atoms with E-state index in [2.05, 4.69) is 5.32 Å². The van der Waals surface area contributed by atoms with Gasteiger partial charge in [-0.2, -0.15) is 13.2 Å². The van der Waals surface area contributed by atoms with Crippen LogP contribution in [-0.4, -0.2) is 26.2 Å². The van der Waals surface area contributed by atoms with E-state index in [-0.39, 0.29) is 45.9 Å². The Morgan fingerprint density at radius 1 is 1.15 bits per heavy atom. The van der Waals surface area contributed by atoms with Crippen molar-refractivity contribution in [2.75, 3.05) is 25.6 Å². The summed E-state index contributed by atoms with van der Waals surface area (Å²) in [4.78, 5) is 12.4. The number of ether oxygens (including phenoxy) is 2. The van der Waals surface area contributed by atoms with Gasteiger partial charge in [0.15, 0.2) is 5.75 Å². The number of nitrogens with one attached hydrogen (secondary N) is 1. The highest BCUT2D eigenvalue weighted by Gasteiger charge is 2.31. The fourth-order valence-electron chi connectivity index (χ4n) is 2.15. The third-order valence-electron chi connectivity index (χ3n) is 3.35. The van der Waals surface area contributed by atoms with E-state index in [0.29, 0.717) is 0 Å². The number of hydrogen-bond donors (Lipinski definition) is 2. The van der Waals surface area contributed by atoms with Gasteiger partial charge in [-0.15, -0.1) is 0 Å². The van der Waals surface area contributed by atoms with E-state index in [1.54, 1.807) is 0 Å². The van der Waals surface area contributed by atoms with Gasteiger partial charge < -0.3 is 20.5 Å². The molecule has 0 bridgehead atoms. The molecule has 10 heteroatoms. The molecule has 1 amide bonds. The molecule has 0 aliphatic rings. The number of amides is 1. The molecule has 146 valence electrons. The monoisotopic (exact) mass is 422 g/mol. The van der Waals surface area contributed by atoms with Crippen LogP contribution < -0.4 is 20.5 Å². The lowest BCUT2D eigenvalue weighted by molar-refractivity contribution is -0.137. The molecule has 0 atom stereocenters. The Hall–Kier alpha value is -2.16. The molecule has 2 aromatic carbocycles. The van der Waals surface area contributed by atoms with Crippen LogP contribution in [0, 0.1) is 0 Å². The van der Waals surface area contributed by atoms with Gasteiger partial charge in [0.1, 0.15) is 12.4 Å². The van der Waals surface area contributed by atoms with Gasteiger partial charge in [-0.05, 0) is 24.3 Å². The van der Waals surface area contributed by atoms with E-state index < -0.39 is 17.6 Å². The molecule has 27 heavy (non-hydrogen) atoms. The Morgan fingerprint density at radius 2 is 1.78 bits per heavy atom. The van der Waals surface area contributed by atoms with Crippen LogP contribution >= 0.6 is 23.2 Å². The zero-order valence-electron chi connectivity index (χ0n) is 14.0. The summed E-state index contributed by atoms with van der Waals surface area (Å²) in [6.07, 6.45) is -4.59. The molecule has 0 saturated heterocycles. The topological polar surface area (TPSA) is 73.6 Å². The molecule has 0 unspecified atom stereocenters. The molecule has 0 spiro atoms. The maximum Gasteiger partial charge on any atom is 0.416 e. The van der Waals surface area contributed by atoms with Crippen molar-refractivity contribution in [3.05, 3.63) is 51.5 Å². The fourth-order valence-corrected chi connectivity index (χ4v) is 2.74. The first-order chi connectivity index (χ1) is 12.7. The third kappa shape index (κ3) is 5.41. The Labute approximate surface area is 163 Å². The van der Waals surface area contributed by atoms with Crippen LogP contribution in [0.4, 0.5) is 18.9 Å². The second-order valence-electron chi connectivity index (χ2n) is 5.31. The summed E-state index contributed by atoms with van der Waals surface area (Å²) in [6, 6.07) is 5.46. The second-order valence-corrected chi connectivity index (χ2v) is 6.12. The molecule has 0 saturated carbocycles. The van der Waals surface area contributed by atoms with Crippen LogP contribution in [0.5, 0.6) is 11.5 Å². The van der Waals surface area contributed by atoms with Crippen molar-refractivity contribution in [3.63, 3.8) is 0 Å². The van der Waals surface area contributed by atoms with Crippen molar-refractivity contribution >= 4 is 34.8 Å². The Kier molecular flexibility index (Phi) is 6.80. The number of hydrogen-bond acceptors (Lipinski definition) is 4. The summed E-state index contributed by atoms with van der Waals surface area (Å²) in [5.41, 5.74) is 4.33. The minimum absolute atomic E-state index is 0.0430. The average molecular weight is 423 g/mol. The van der Waals surface area contributed by atoms with Crippen LogP contribution in [-0.2, 0) is 6.18 Å². The Balaban J connectivity index is 2.29. The number of methoxy groups -OCH3 is 1. The van der Waals surface area contributed by atoms with E-state index in [4.69, 9.17) is 38.4 Å². The van der Waals surface area contributed by atoms with E-state index >= 15 is 0 Å². The van der Waals surface area contributed by atoms with Crippen molar-refractivity contribution in [1.82, 2.24) is 0 Å². The maximum absolute atomic E-state index is 13.0. The molecule has 0 fully saturated rings. The maximum atomic E-state index is 13.0. The highest BCUT2D eigenvalue weighted by Crippen LogP contribution is 2.36. The van der Waals surface area contributed by atoms with Gasteiger partial charge in [0.25, 0.3) is 5.91 Å². The highest BCUT2D eigenvalue weighted by atomic mass is 35.5. The van der Waals surface area contributed by atoms with Gasteiger partial charge >= 0.3 is 6.18 Å². The first kappa shape index (κ1) is 21.1. The fraction of sp³-hybridized carbons (Fsp3) is 0.235. The van der Waals surface area contributed by atoms with E-state index in [0.717, 1.165) is 12.1 Å². The summed E-state index contributed by atoms with van der Waals surface area (Å²) in [6.45, 7) is 0.418. The summed E-state index contributed by atoms with van der Waals surface area (Å²) in [5.74, 6) is -0.589. The lowest BCUT2D eigenvalue weighted by Gasteiger charge is -2.14. The minimum atomic E-state index is -4.59. The van der Waals surface area contributed by atoms with Gasteiger partial charge in [-0.3, -0.25) is 4.79 Å². The standard InChI is InChI=1S/C17H15Cl2F3N2O3/c1-26-12-7-10(17(20,21)22)6-11(8-12)24-16(25)9-4-13(18)15(14(19)5-9)27-3-2-23/h4-8H,2-3,23H2,1H3,(H,24,25). The molecule has 5 nitrogen and oxygen atoms in total. The minimum Gasteiger partial charge on any atom is -0.497 e. The second kappa shape index (κ2) is 8.69. The molecule has 0 aliphatic heterocycles. The predicted octanol–water partition coefficient (Wildman–Crippen LogP) is 4.61. The van der Waals surface area contributed by atoms with Gasteiger partial charge in [0.05, 0.1) is 22.7 Å². The Bertz CT molecular complexity index is 822. The van der Waals surface area contributed by atoms with Crippen LogP contribution in [0.3, 0.4) is 0 Å². The van der Waals surface area contributed by atoms with Crippen LogP contribution in [0.15, 0.2) is 30.3 Å². The number of alkyl halides is 3. The number of carbonyl (C=O) groups excluding carboxylic acids is 1. The molecule has 2 rings (SSSR count). The van der Waals surface area contributed by atoms with Crippen molar-refractivity contribution in [1.29, 1.82) is 0 Å². The quantitative estimate of drug-likeness (QED) is 0.712. The molecular weight excluding hydrogens is 408 g/mol. The first-order valence-electron chi connectivity index (χ1n) is 7.55. The Morgan fingerprint density at radius 3 is 2.30 bits per heavy atom. The number of anilines is 1. The average Bonchev–Trinajstić information content (AvgIpc) is 2.59. The molecular formula is C17H15Cl2F3N2O3. The zero-order valence-corrected chi connectivity index (χ0v) is 15.5. The van der Waals surface area contributed by atoms with Crippen molar-refractivity contribution in [2.24, 2.45) is 5.73 Å². The zero-order chi connectivity index (χ0) is 20.2. The van der Waals surface area contributed by atoms with Crippen molar-refractivity contribution in [2.45, 2.75) is 6.18 Å².